The topological polar surface area (TPSA) is 83.8 Å². The van der Waals surface area contributed by atoms with E-state index in [1.54, 1.807) is 6.92 Å². The fraction of sp³-hybridized carbons (Fsp3) is 0.429. The van der Waals surface area contributed by atoms with Crippen molar-refractivity contribution in [2.24, 2.45) is 5.11 Å². The van der Waals surface area contributed by atoms with Gasteiger partial charge in [-0.3, -0.25) is 0 Å². The van der Waals surface area contributed by atoms with E-state index in [2.05, 4.69) is 20.0 Å². The lowest BCUT2D eigenvalue weighted by Crippen LogP contribution is -1.96. The van der Waals surface area contributed by atoms with Gasteiger partial charge in [0.1, 0.15) is 11.6 Å². The molecule has 0 aliphatic heterocycles. The smallest absolute Gasteiger partial charge is 0.216 e. The zero-order chi connectivity index (χ0) is 9.68. The number of rotatable bonds is 3. The molecule has 1 aromatic heterocycles. The highest BCUT2D eigenvalue weighted by molar-refractivity contribution is 5.31. The normalized spacial score (nSPS) is 9.08. The Labute approximate surface area is 75.2 Å². The zero-order valence-corrected chi connectivity index (χ0v) is 7.43. The lowest BCUT2D eigenvalue weighted by Gasteiger charge is -2.02. The van der Waals surface area contributed by atoms with Crippen LogP contribution in [0, 0.1) is 6.92 Å². The summed E-state index contributed by atoms with van der Waals surface area (Å²) in [6, 6.07) is 1.50. The van der Waals surface area contributed by atoms with Gasteiger partial charge in [0.2, 0.25) is 5.88 Å². The molecule has 0 amide bonds. The first-order valence-electron chi connectivity index (χ1n) is 3.80. The van der Waals surface area contributed by atoms with Crippen LogP contribution in [-0.4, -0.2) is 16.6 Å². The number of nitrogens with zero attached hydrogens (tertiary/aromatic N) is 5. The van der Waals surface area contributed by atoms with Gasteiger partial charge in [0, 0.05) is 11.0 Å². The first kappa shape index (κ1) is 9.28. The van der Waals surface area contributed by atoms with Gasteiger partial charge < -0.3 is 4.74 Å². The molecular weight excluding hydrogens is 170 g/mol. The van der Waals surface area contributed by atoms with E-state index in [0.717, 1.165) is 0 Å². The maximum absolute atomic E-state index is 8.19. The van der Waals surface area contributed by atoms with E-state index < -0.39 is 0 Å². The molecule has 0 fully saturated rings. The minimum Gasteiger partial charge on any atom is -0.478 e. The summed E-state index contributed by atoms with van der Waals surface area (Å²) in [4.78, 5) is 10.5. The summed E-state index contributed by atoms with van der Waals surface area (Å²) in [5.41, 5.74) is 8.19. The number of hydrogen-bond donors (Lipinski definition) is 0. The van der Waals surface area contributed by atoms with E-state index >= 15 is 0 Å². The van der Waals surface area contributed by atoms with Crippen LogP contribution in [0.4, 0.5) is 5.82 Å². The summed E-state index contributed by atoms with van der Waals surface area (Å²) in [7, 11) is 0. The van der Waals surface area contributed by atoms with Gasteiger partial charge in [-0.05, 0) is 24.5 Å². The molecule has 0 aliphatic carbocycles. The third-order valence-electron chi connectivity index (χ3n) is 1.24. The van der Waals surface area contributed by atoms with E-state index in [1.807, 2.05) is 6.92 Å². The second-order valence-electron chi connectivity index (χ2n) is 2.23. The van der Waals surface area contributed by atoms with Gasteiger partial charge in [-0.25, -0.2) is 4.98 Å². The third-order valence-corrected chi connectivity index (χ3v) is 1.24. The molecule has 13 heavy (non-hydrogen) atoms. The SMILES string of the molecule is CCOc1cc(N=[N+]=[N-])nc(C)n1. The van der Waals surface area contributed by atoms with Crippen LogP contribution in [0.25, 0.3) is 10.4 Å². The first-order chi connectivity index (χ1) is 6.26. The Kier molecular flexibility index (Phi) is 3.05. The van der Waals surface area contributed by atoms with Gasteiger partial charge in [0.05, 0.1) is 6.61 Å². The van der Waals surface area contributed by atoms with Crippen molar-refractivity contribution in [3.05, 3.63) is 22.3 Å². The van der Waals surface area contributed by atoms with Crippen LogP contribution in [0.5, 0.6) is 5.88 Å². The van der Waals surface area contributed by atoms with E-state index in [1.165, 1.54) is 6.07 Å². The summed E-state index contributed by atoms with van der Waals surface area (Å²) in [5.74, 6) is 1.23. The summed E-state index contributed by atoms with van der Waals surface area (Å²) in [5, 5.41) is 3.36. The summed E-state index contributed by atoms with van der Waals surface area (Å²) < 4.78 is 5.14. The molecule has 0 bridgehead atoms. The molecule has 0 atom stereocenters. The van der Waals surface area contributed by atoms with Crippen LogP contribution in [-0.2, 0) is 0 Å². The molecule has 0 radical (unpaired) electrons. The molecule has 0 saturated carbocycles. The number of aromatic nitrogens is 2. The van der Waals surface area contributed by atoms with Crippen LogP contribution in [0.1, 0.15) is 12.7 Å². The van der Waals surface area contributed by atoms with Crippen molar-refractivity contribution >= 4 is 5.82 Å². The molecule has 6 heteroatoms. The number of aryl methyl sites for hydroxylation is 1. The van der Waals surface area contributed by atoms with E-state index in [-0.39, 0.29) is 5.82 Å². The predicted molar refractivity (Wildman–Crippen MR) is 46.7 cm³/mol. The van der Waals surface area contributed by atoms with E-state index in [4.69, 9.17) is 10.3 Å². The molecule has 0 aromatic carbocycles. The molecule has 0 N–H and O–H groups in total. The summed E-state index contributed by atoms with van der Waals surface area (Å²) in [6.07, 6.45) is 0. The summed E-state index contributed by atoms with van der Waals surface area (Å²) in [6.45, 7) is 4.08. The third kappa shape index (κ3) is 2.61. The minimum atomic E-state index is 0.276. The van der Waals surface area contributed by atoms with Gasteiger partial charge in [-0.2, -0.15) is 4.98 Å². The maximum atomic E-state index is 8.19. The Bertz CT molecular complexity index is 345. The Morgan fingerprint density at radius 1 is 1.62 bits per heavy atom. The quantitative estimate of drug-likeness (QED) is 0.404. The number of azide groups is 1. The molecule has 1 aromatic rings. The molecule has 0 saturated heterocycles. The molecule has 68 valence electrons. The number of hydrogen-bond acceptors (Lipinski definition) is 4. The van der Waals surface area contributed by atoms with Gasteiger partial charge in [0.15, 0.2) is 0 Å². The van der Waals surface area contributed by atoms with Crippen molar-refractivity contribution in [3.63, 3.8) is 0 Å². The van der Waals surface area contributed by atoms with Crippen molar-refractivity contribution in [1.29, 1.82) is 0 Å². The van der Waals surface area contributed by atoms with Gasteiger partial charge >= 0.3 is 0 Å². The highest BCUT2D eigenvalue weighted by atomic mass is 16.5. The molecule has 6 nitrogen and oxygen atoms in total. The average Bonchev–Trinajstić information content (AvgIpc) is 2.04. The monoisotopic (exact) mass is 179 g/mol. The van der Waals surface area contributed by atoms with Crippen LogP contribution in [0.3, 0.4) is 0 Å². The lowest BCUT2D eigenvalue weighted by molar-refractivity contribution is 0.325. The van der Waals surface area contributed by atoms with Crippen molar-refractivity contribution < 1.29 is 4.74 Å². The highest BCUT2D eigenvalue weighted by Gasteiger charge is 1.99. The van der Waals surface area contributed by atoms with Crippen molar-refractivity contribution in [3.8, 4) is 5.88 Å². The second kappa shape index (κ2) is 4.27. The van der Waals surface area contributed by atoms with Crippen molar-refractivity contribution in [2.45, 2.75) is 13.8 Å². The van der Waals surface area contributed by atoms with E-state index in [9.17, 15) is 0 Å². The van der Waals surface area contributed by atoms with Crippen LogP contribution in [0.2, 0.25) is 0 Å². The predicted octanol–water partition coefficient (Wildman–Crippen LogP) is 2.13. The Morgan fingerprint density at radius 3 is 3.00 bits per heavy atom. The minimum absolute atomic E-state index is 0.276. The molecule has 1 rings (SSSR count). The van der Waals surface area contributed by atoms with Crippen LogP contribution < -0.4 is 4.74 Å². The largest absolute Gasteiger partial charge is 0.478 e. The Balaban J connectivity index is 3.03. The van der Waals surface area contributed by atoms with Gasteiger partial charge in [0.25, 0.3) is 0 Å². The summed E-state index contributed by atoms with van der Waals surface area (Å²) >= 11 is 0. The Morgan fingerprint density at radius 2 is 2.38 bits per heavy atom. The second-order valence-corrected chi connectivity index (χ2v) is 2.23. The average molecular weight is 179 g/mol. The highest BCUT2D eigenvalue weighted by Crippen LogP contribution is 2.15. The fourth-order valence-electron chi connectivity index (χ4n) is 0.844. The standard InChI is InChI=1S/C7H9N5O/c1-3-13-7-4-6(11-12-8)9-5(2)10-7/h4H,3H2,1-2H3. The number of ether oxygens (including phenoxy) is 1. The molecule has 0 aliphatic rings. The van der Waals surface area contributed by atoms with Crippen molar-refractivity contribution in [2.75, 3.05) is 6.61 Å². The Hall–Kier alpha value is -1.81. The zero-order valence-electron chi connectivity index (χ0n) is 7.43. The van der Waals surface area contributed by atoms with Crippen molar-refractivity contribution in [1.82, 2.24) is 9.97 Å². The maximum Gasteiger partial charge on any atom is 0.216 e. The van der Waals surface area contributed by atoms with Crippen LogP contribution in [0.15, 0.2) is 11.2 Å². The fourth-order valence-corrected chi connectivity index (χ4v) is 0.844. The van der Waals surface area contributed by atoms with Crippen LogP contribution >= 0.6 is 0 Å². The lowest BCUT2D eigenvalue weighted by atomic mass is 10.5. The first-order valence-corrected chi connectivity index (χ1v) is 3.80. The molecule has 0 unspecified atom stereocenters. The van der Waals surface area contributed by atoms with E-state index in [0.29, 0.717) is 18.3 Å². The molecular formula is C7H9N5O. The molecule has 1 heterocycles. The molecule has 0 spiro atoms. The van der Waals surface area contributed by atoms with Gasteiger partial charge in [-0.15, -0.1) is 0 Å². The van der Waals surface area contributed by atoms with Gasteiger partial charge in [-0.1, -0.05) is 0 Å².